The first-order chi connectivity index (χ1) is 15.9. The van der Waals surface area contributed by atoms with E-state index in [0.717, 1.165) is 27.3 Å². The fourth-order valence-corrected chi connectivity index (χ4v) is 4.54. The summed E-state index contributed by atoms with van der Waals surface area (Å²) in [6.45, 7) is 4.98. The zero-order valence-electron chi connectivity index (χ0n) is 18.2. The lowest BCUT2D eigenvalue weighted by molar-refractivity contribution is -0.114. The van der Waals surface area contributed by atoms with Gasteiger partial charge in [0.05, 0.1) is 5.57 Å². The third-order valence-corrected chi connectivity index (χ3v) is 6.14. The molecule has 2 aliphatic heterocycles. The number of carbonyl (C=O) groups excluding carboxylic acids is 1. The maximum atomic E-state index is 12.6. The quantitative estimate of drug-likeness (QED) is 0.358. The molecule has 2 aliphatic rings. The predicted octanol–water partition coefficient (Wildman–Crippen LogP) is 5.57. The van der Waals surface area contributed by atoms with Gasteiger partial charge >= 0.3 is 0 Å². The van der Waals surface area contributed by atoms with Crippen molar-refractivity contribution in [1.29, 1.82) is 5.41 Å². The van der Waals surface area contributed by atoms with Crippen LogP contribution in [-0.2, 0) is 4.79 Å². The van der Waals surface area contributed by atoms with Gasteiger partial charge in [0.15, 0.2) is 5.84 Å². The van der Waals surface area contributed by atoms with Gasteiger partial charge in [0, 0.05) is 10.9 Å². The van der Waals surface area contributed by atoms with Crippen LogP contribution < -0.4 is 9.47 Å². The molecule has 33 heavy (non-hydrogen) atoms. The number of hydrazone groups is 1. The van der Waals surface area contributed by atoms with Crippen molar-refractivity contribution < 1.29 is 14.3 Å². The zero-order chi connectivity index (χ0) is 23.4. The van der Waals surface area contributed by atoms with E-state index in [0.29, 0.717) is 30.0 Å². The van der Waals surface area contributed by atoms with Crippen molar-refractivity contribution in [3.8, 4) is 11.5 Å². The van der Waals surface area contributed by atoms with Crippen LogP contribution in [0.15, 0.2) is 68.7 Å². The molecule has 0 radical (unpaired) electrons. The van der Waals surface area contributed by atoms with Crippen molar-refractivity contribution in [2.75, 3.05) is 13.2 Å². The highest BCUT2D eigenvalue weighted by atomic mass is 79.9. The second kappa shape index (κ2) is 10.4. The van der Waals surface area contributed by atoms with Crippen LogP contribution in [0.1, 0.15) is 25.8 Å². The molecule has 1 amide bonds. The van der Waals surface area contributed by atoms with Gasteiger partial charge in [-0.15, -0.1) is 0 Å². The summed E-state index contributed by atoms with van der Waals surface area (Å²) in [4.78, 5) is 16.7. The van der Waals surface area contributed by atoms with Crippen LogP contribution in [0.3, 0.4) is 0 Å². The predicted molar refractivity (Wildman–Crippen MR) is 136 cm³/mol. The van der Waals surface area contributed by atoms with Crippen LogP contribution in [-0.4, -0.2) is 40.2 Å². The van der Waals surface area contributed by atoms with Gasteiger partial charge in [-0.1, -0.05) is 41.9 Å². The van der Waals surface area contributed by atoms with Crippen molar-refractivity contribution in [3.63, 3.8) is 0 Å². The highest BCUT2D eigenvalue weighted by Crippen LogP contribution is 2.30. The number of amidine groups is 2. The molecule has 0 saturated carbocycles. The molecule has 0 bridgehead atoms. The largest absolute Gasteiger partial charge is 0.490 e. The monoisotopic (exact) mass is 526 g/mol. The van der Waals surface area contributed by atoms with Crippen LogP contribution in [0.5, 0.6) is 11.5 Å². The number of nitrogens with zero attached hydrogens (tertiary/aromatic N) is 3. The van der Waals surface area contributed by atoms with E-state index in [2.05, 4.69) is 39.9 Å². The number of benzene rings is 2. The summed E-state index contributed by atoms with van der Waals surface area (Å²) in [7, 11) is 0. The van der Waals surface area contributed by atoms with Crippen molar-refractivity contribution in [1.82, 2.24) is 5.01 Å². The summed E-state index contributed by atoms with van der Waals surface area (Å²) in [5, 5.41) is 15.7. The summed E-state index contributed by atoms with van der Waals surface area (Å²) >= 11 is 4.75. The molecule has 1 N–H and O–H groups in total. The minimum absolute atomic E-state index is 0.0328. The summed E-state index contributed by atoms with van der Waals surface area (Å²) < 4.78 is 12.5. The molecular formula is C24H23BrN4O3S. The SMILES string of the molecule is CC(C)CC1=NN2C(=N)/C(=C/c3cccc(OCCOc4ccc(Br)cc4)c3)C(=O)N=C2S1. The number of aliphatic imine (C=N–C) groups is 1. The van der Waals surface area contributed by atoms with E-state index in [4.69, 9.17) is 14.9 Å². The Balaban J connectivity index is 1.40. The third-order valence-electron chi connectivity index (χ3n) is 4.68. The van der Waals surface area contributed by atoms with Crippen molar-refractivity contribution in [2.24, 2.45) is 16.0 Å². The molecule has 9 heteroatoms. The van der Waals surface area contributed by atoms with Gasteiger partial charge in [0.2, 0.25) is 5.17 Å². The Bertz CT molecular complexity index is 1160. The molecule has 0 aromatic heterocycles. The maximum absolute atomic E-state index is 12.6. The molecule has 0 fully saturated rings. The van der Waals surface area contributed by atoms with E-state index >= 15 is 0 Å². The molecule has 4 rings (SSSR count). The van der Waals surface area contributed by atoms with Crippen LogP contribution in [0.2, 0.25) is 0 Å². The van der Waals surface area contributed by atoms with Crippen LogP contribution >= 0.6 is 27.7 Å². The Hall–Kier alpha value is -2.91. The van der Waals surface area contributed by atoms with Gasteiger partial charge < -0.3 is 9.47 Å². The molecular weight excluding hydrogens is 504 g/mol. The van der Waals surface area contributed by atoms with Gasteiger partial charge in [0.25, 0.3) is 5.91 Å². The number of thioether (sulfide) groups is 1. The lowest BCUT2D eigenvalue weighted by Crippen LogP contribution is -2.35. The highest BCUT2D eigenvalue weighted by molar-refractivity contribution is 9.10. The molecule has 0 unspecified atom stereocenters. The van der Waals surface area contributed by atoms with Crippen molar-refractivity contribution >= 4 is 55.7 Å². The summed E-state index contributed by atoms with van der Waals surface area (Å²) in [6, 6.07) is 15.0. The number of hydrogen-bond acceptors (Lipinski definition) is 6. The third kappa shape index (κ3) is 5.91. The van der Waals surface area contributed by atoms with E-state index < -0.39 is 5.91 Å². The Morgan fingerprint density at radius 3 is 2.58 bits per heavy atom. The normalized spacial score (nSPS) is 16.7. The van der Waals surface area contributed by atoms with E-state index in [1.165, 1.54) is 16.8 Å². The summed E-state index contributed by atoms with van der Waals surface area (Å²) in [5.41, 5.74) is 0.941. The fraction of sp³-hybridized carbons (Fsp3) is 0.250. The molecule has 2 aromatic carbocycles. The molecule has 170 valence electrons. The Kier molecular flexibility index (Phi) is 7.29. The van der Waals surface area contributed by atoms with Gasteiger partial charge in [-0.3, -0.25) is 10.2 Å². The maximum Gasteiger partial charge on any atom is 0.283 e. The Morgan fingerprint density at radius 1 is 1.12 bits per heavy atom. The van der Waals surface area contributed by atoms with Crippen LogP contribution in [0.25, 0.3) is 6.08 Å². The van der Waals surface area contributed by atoms with Gasteiger partial charge in [-0.25, -0.2) is 0 Å². The number of nitrogens with one attached hydrogen (secondary N) is 1. The Morgan fingerprint density at radius 2 is 1.85 bits per heavy atom. The number of ether oxygens (including phenoxy) is 2. The van der Waals surface area contributed by atoms with Crippen LogP contribution in [0.4, 0.5) is 0 Å². The number of halogens is 1. The van der Waals surface area contributed by atoms with Crippen LogP contribution in [0, 0.1) is 11.3 Å². The number of fused-ring (bicyclic) bond motifs is 1. The van der Waals surface area contributed by atoms with E-state index in [1.54, 1.807) is 6.08 Å². The lowest BCUT2D eigenvalue weighted by atomic mass is 10.1. The molecule has 2 heterocycles. The molecule has 0 saturated heterocycles. The number of rotatable bonds is 8. The van der Waals surface area contributed by atoms with Crippen molar-refractivity contribution in [3.05, 3.63) is 64.1 Å². The smallest absolute Gasteiger partial charge is 0.283 e. The summed E-state index contributed by atoms with van der Waals surface area (Å²) in [5.74, 6) is 1.45. The standard InChI is InChI=1S/C24H23BrN4O3S/c1-15(2)12-21-28-29-22(26)20(23(30)27-24(29)33-21)14-16-4-3-5-19(13-16)32-11-10-31-18-8-6-17(25)7-9-18/h3-9,13-15,26H,10-12H2,1-2H3/b20-14-,26-22?. The molecule has 0 aliphatic carbocycles. The summed E-state index contributed by atoms with van der Waals surface area (Å²) in [6.07, 6.45) is 2.43. The lowest BCUT2D eigenvalue weighted by Gasteiger charge is -2.20. The first-order valence-electron chi connectivity index (χ1n) is 10.5. The second-order valence-corrected chi connectivity index (χ2v) is 9.79. The topological polar surface area (TPSA) is 87.3 Å². The minimum Gasteiger partial charge on any atom is -0.490 e. The first kappa shape index (κ1) is 23.3. The average molecular weight is 527 g/mol. The van der Waals surface area contributed by atoms with Gasteiger partial charge in [-0.05, 0) is 65.7 Å². The number of carbonyl (C=O) groups is 1. The zero-order valence-corrected chi connectivity index (χ0v) is 20.6. The molecule has 0 spiro atoms. The Labute approximate surface area is 205 Å². The highest BCUT2D eigenvalue weighted by Gasteiger charge is 2.35. The van der Waals surface area contributed by atoms with Gasteiger partial charge in [0.1, 0.15) is 29.8 Å². The van der Waals surface area contributed by atoms with Crippen molar-refractivity contribution in [2.45, 2.75) is 20.3 Å². The molecule has 2 aromatic rings. The van der Waals surface area contributed by atoms with E-state index in [9.17, 15) is 4.79 Å². The van der Waals surface area contributed by atoms with E-state index in [-0.39, 0.29) is 11.4 Å². The molecule has 7 nitrogen and oxygen atoms in total. The van der Waals surface area contributed by atoms with Gasteiger partial charge in [-0.2, -0.15) is 15.1 Å². The molecule has 0 atom stereocenters. The van der Waals surface area contributed by atoms with E-state index in [1.807, 2.05) is 48.5 Å². The second-order valence-electron chi connectivity index (χ2n) is 7.84. The number of hydrogen-bond donors (Lipinski definition) is 1. The fourth-order valence-electron chi connectivity index (χ4n) is 3.17. The average Bonchev–Trinajstić information content (AvgIpc) is 3.17. The number of amides is 1. The first-order valence-corrected chi connectivity index (χ1v) is 12.1. The minimum atomic E-state index is -0.436.